The van der Waals surface area contributed by atoms with Crippen molar-refractivity contribution in [1.29, 1.82) is 0 Å². The fourth-order valence-corrected chi connectivity index (χ4v) is 11.1. The minimum Gasteiger partial charge on any atom is -0.457 e. The average Bonchev–Trinajstić information content (AvgIpc) is 3.39. The Labute approximate surface area is 354 Å². The Morgan fingerprint density at radius 3 is 2.23 bits per heavy atom. The molecule has 6 rings (SSSR count). The van der Waals surface area contributed by atoms with Crippen LogP contribution in [0.2, 0.25) is 0 Å². The summed E-state index contributed by atoms with van der Waals surface area (Å²) in [5.41, 5.74) is -4.92. The number of aliphatic hydroxyl groups excluding tert-OH is 1. The van der Waals surface area contributed by atoms with Gasteiger partial charge in [0, 0.05) is 31.1 Å². The molecule has 2 saturated carbocycles. The van der Waals surface area contributed by atoms with Crippen LogP contribution < -0.4 is 5.32 Å². The van der Waals surface area contributed by atoms with E-state index < -0.39 is 112 Å². The molecule has 0 radical (unpaired) electrons. The molecule has 3 N–H and O–H groups in total. The van der Waals surface area contributed by atoms with Gasteiger partial charge in [-0.15, -0.1) is 0 Å². The highest BCUT2D eigenvalue weighted by Gasteiger charge is 2.80. The fraction of sp³-hybridized carbons (Fsp3) is 0.696. The minimum atomic E-state index is -1.79. The lowest BCUT2D eigenvalue weighted by atomic mass is 9.49. The summed E-state index contributed by atoms with van der Waals surface area (Å²) in [6.07, 6.45) is -5.55. The second-order valence-electron chi connectivity index (χ2n) is 19.3. The second-order valence-corrected chi connectivity index (χ2v) is 19.3. The molecule has 1 amide bonds. The number of fused-ring (bicyclic) bond motifs is 3. The zero-order valence-electron chi connectivity index (χ0n) is 36.2. The molecule has 0 bridgehead atoms. The maximum Gasteiger partial charge on any atom is 0.407 e. The third kappa shape index (κ3) is 8.03. The van der Waals surface area contributed by atoms with E-state index in [0.717, 1.165) is 0 Å². The molecular weight excluding hydrogens is 774 g/mol. The summed E-state index contributed by atoms with van der Waals surface area (Å²) in [6.45, 7) is 23.2. The Hall–Kier alpha value is -3.82. The fourth-order valence-electron chi connectivity index (χ4n) is 11.1. The molecular formula is C46H67NO13. The molecule has 14 heteroatoms. The highest BCUT2D eigenvalue weighted by molar-refractivity contribution is 5.89. The van der Waals surface area contributed by atoms with Gasteiger partial charge in [-0.2, -0.15) is 0 Å². The predicted octanol–water partition coefficient (Wildman–Crippen LogP) is 6.21. The first-order valence-corrected chi connectivity index (χ1v) is 20.7. The number of amides is 1. The lowest BCUT2D eigenvalue weighted by Gasteiger charge is -2.67. The standard InChI is InChI=1S/C45H63NO13.CH4/c1-13-32-55-30-20-31-45(22-53-31,58-26(6)47)35-37(57-38(49)27-17-15-14-16-18-27)44(42(10,11)52)21-29(24(4)33(44)25(5)36(56-32)43(30,35)12)54-39(50)34(48)28(19-23(2)3)46-40(51)59-41(7,8)9;/h13-18,23,25,28-32,34-37,48,52H,1,19-22H2,2-12H3,(H,46,51);1H4/t25-,28?,29?,30-,31+,32-,34+,35-,36-,37-,43+,44-,45-;/m0./s1. The van der Waals surface area contributed by atoms with Crippen molar-refractivity contribution in [3.63, 3.8) is 0 Å². The Balaban J connectivity index is 0.00000683. The number of nitrogens with one attached hydrogen (secondary N) is 1. The number of aliphatic hydroxyl groups is 2. The molecule has 60 heavy (non-hydrogen) atoms. The van der Waals surface area contributed by atoms with E-state index in [9.17, 15) is 29.4 Å². The molecule has 14 nitrogen and oxygen atoms in total. The highest BCUT2D eigenvalue weighted by atomic mass is 16.7. The van der Waals surface area contributed by atoms with Crippen LogP contribution in [0, 0.1) is 28.6 Å². The summed E-state index contributed by atoms with van der Waals surface area (Å²) in [5, 5.41) is 27.0. The summed E-state index contributed by atoms with van der Waals surface area (Å²) in [4.78, 5) is 54.6. The average molecular weight is 842 g/mol. The molecule has 13 atom stereocenters. The molecule has 2 saturated heterocycles. The van der Waals surface area contributed by atoms with E-state index in [-0.39, 0.29) is 38.4 Å². The molecule has 0 aromatic heterocycles. The van der Waals surface area contributed by atoms with Gasteiger partial charge >= 0.3 is 24.0 Å². The van der Waals surface area contributed by atoms with Crippen LogP contribution in [0.3, 0.4) is 0 Å². The number of carbonyl (C=O) groups is 4. The predicted molar refractivity (Wildman–Crippen MR) is 220 cm³/mol. The van der Waals surface area contributed by atoms with Crippen molar-refractivity contribution in [2.45, 2.75) is 169 Å². The lowest BCUT2D eigenvalue weighted by Crippen LogP contribution is -2.80. The third-order valence-corrected chi connectivity index (χ3v) is 13.3. The van der Waals surface area contributed by atoms with Crippen molar-refractivity contribution in [1.82, 2.24) is 5.32 Å². The van der Waals surface area contributed by atoms with Gasteiger partial charge < -0.3 is 48.7 Å². The number of hydrogen-bond acceptors (Lipinski definition) is 13. The maximum absolute atomic E-state index is 14.5. The second kappa shape index (κ2) is 16.8. The lowest BCUT2D eigenvalue weighted by molar-refractivity contribution is -0.391. The van der Waals surface area contributed by atoms with Crippen molar-refractivity contribution in [2.75, 3.05) is 6.61 Å². The monoisotopic (exact) mass is 841 g/mol. The van der Waals surface area contributed by atoms with E-state index >= 15 is 0 Å². The van der Waals surface area contributed by atoms with Crippen LogP contribution in [0.5, 0.6) is 0 Å². The topological polar surface area (TPSA) is 185 Å². The molecule has 2 aliphatic heterocycles. The number of rotatable bonds is 11. The van der Waals surface area contributed by atoms with Gasteiger partial charge in [-0.1, -0.05) is 59.9 Å². The van der Waals surface area contributed by atoms with Crippen molar-refractivity contribution in [2.24, 2.45) is 28.6 Å². The van der Waals surface area contributed by atoms with Crippen LogP contribution in [0.1, 0.15) is 113 Å². The first-order valence-electron chi connectivity index (χ1n) is 20.7. The van der Waals surface area contributed by atoms with Gasteiger partial charge in [0.15, 0.2) is 18.0 Å². The molecule has 0 spiro atoms. The summed E-state index contributed by atoms with van der Waals surface area (Å²) in [7, 11) is 0. The first kappa shape index (κ1) is 47.2. The van der Waals surface area contributed by atoms with Crippen LogP contribution in [0.15, 0.2) is 54.1 Å². The van der Waals surface area contributed by atoms with Crippen molar-refractivity contribution in [3.8, 4) is 0 Å². The molecule has 334 valence electrons. The Kier molecular flexibility index (Phi) is 13.2. The SMILES string of the molecule is C.C=C[C@H]1O[C@H]2C[C@H]3OC[C@@]3(OC(C)=O)[C@H]3[C@H](OC(=O)c4ccccc4)[C@]4(C(C)(C)O)CC(OC(=O)[C@H](O)C(CC(C)C)NC(=O)OC(C)(C)C)C(C)=C4[C@H](C)[C@H](O1)[C@]23C. The quantitative estimate of drug-likeness (QED) is 0.130. The van der Waals surface area contributed by atoms with Gasteiger partial charge in [0.05, 0.1) is 47.4 Å². The highest BCUT2D eigenvalue weighted by Crippen LogP contribution is 2.70. The zero-order chi connectivity index (χ0) is 43.6. The smallest absolute Gasteiger partial charge is 0.407 e. The van der Waals surface area contributed by atoms with Crippen LogP contribution in [0.4, 0.5) is 4.79 Å². The van der Waals surface area contributed by atoms with E-state index in [1.165, 1.54) is 6.92 Å². The van der Waals surface area contributed by atoms with Crippen molar-refractivity contribution >= 4 is 24.0 Å². The summed E-state index contributed by atoms with van der Waals surface area (Å²) in [5.74, 6) is -3.69. The van der Waals surface area contributed by atoms with E-state index in [1.807, 2.05) is 27.7 Å². The van der Waals surface area contributed by atoms with E-state index in [4.69, 9.17) is 33.2 Å². The molecule has 5 aliphatic rings. The Morgan fingerprint density at radius 2 is 1.70 bits per heavy atom. The van der Waals surface area contributed by atoms with Gasteiger partial charge in [-0.05, 0) is 83.2 Å². The number of esters is 3. The molecule has 2 heterocycles. The van der Waals surface area contributed by atoms with Crippen LogP contribution in [-0.2, 0) is 42.7 Å². The third-order valence-electron chi connectivity index (χ3n) is 13.3. The zero-order valence-corrected chi connectivity index (χ0v) is 36.2. The molecule has 4 fully saturated rings. The Morgan fingerprint density at radius 1 is 1.05 bits per heavy atom. The largest absolute Gasteiger partial charge is 0.457 e. The van der Waals surface area contributed by atoms with Gasteiger partial charge in [0.25, 0.3) is 0 Å². The minimum absolute atomic E-state index is 0. The molecule has 2 unspecified atom stereocenters. The maximum atomic E-state index is 14.5. The first-order chi connectivity index (χ1) is 27.4. The normalized spacial score (nSPS) is 35.4. The number of alkyl carbamates (subject to hydrolysis) is 1. The summed E-state index contributed by atoms with van der Waals surface area (Å²) >= 11 is 0. The molecule has 1 aromatic carbocycles. The van der Waals surface area contributed by atoms with Crippen LogP contribution in [0.25, 0.3) is 0 Å². The van der Waals surface area contributed by atoms with Crippen LogP contribution >= 0.6 is 0 Å². The number of benzene rings is 1. The Bertz CT molecular complexity index is 1830. The van der Waals surface area contributed by atoms with Gasteiger partial charge in [0.2, 0.25) is 0 Å². The number of ether oxygens (including phenoxy) is 7. The van der Waals surface area contributed by atoms with E-state index in [0.29, 0.717) is 17.6 Å². The molecule has 1 aromatic rings. The number of carbonyl (C=O) groups excluding carboxylic acids is 4. The van der Waals surface area contributed by atoms with E-state index in [1.54, 1.807) is 78.0 Å². The van der Waals surface area contributed by atoms with Gasteiger partial charge in [-0.25, -0.2) is 14.4 Å². The molecule has 3 aliphatic carbocycles. The summed E-state index contributed by atoms with van der Waals surface area (Å²) < 4.78 is 44.4. The number of hydrogen-bond donors (Lipinski definition) is 3. The van der Waals surface area contributed by atoms with Gasteiger partial charge in [-0.3, -0.25) is 4.79 Å². The van der Waals surface area contributed by atoms with Crippen LogP contribution in [-0.4, -0.2) is 107 Å². The van der Waals surface area contributed by atoms with Gasteiger partial charge in [0.1, 0.15) is 23.9 Å². The van der Waals surface area contributed by atoms with Crippen molar-refractivity contribution in [3.05, 3.63) is 59.7 Å². The van der Waals surface area contributed by atoms with Crippen molar-refractivity contribution < 1.29 is 62.5 Å². The summed E-state index contributed by atoms with van der Waals surface area (Å²) in [6, 6.07) is 7.43. The van der Waals surface area contributed by atoms with E-state index in [2.05, 4.69) is 11.9 Å².